The van der Waals surface area contributed by atoms with Crippen LogP contribution in [-0.4, -0.2) is 5.91 Å². The van der Waals surface area contributed by atoms with Gasteiger partial charge in [-0.15, -0.1) is 0 Å². The summed E-state index contributed by atoms with van der Waals surface area (Å²) in [4.78, 5) is 12.5. The largest absolute Gasteiger partial charge is 0.486 e. The lowest BCUT2D eigenvalue weighted by molar-refractivity contribution is -0.112. The molecule has 0 saturated heterocycles. The van der Waals surface area contributed by atoms with E-state index in [0.717, 1.165) is 14.5 Å². The Kier molecular flexibility index (Phi) is 8.33. The van der Waals surface area contributed by atoms with E-state index in [1.165, 1.54) is 6.08 Å². The molecule has 0 aliphatic heterocycles. The number of amides is 1. The van der Waals surface area contributed by atoms with Gasteiger partial charge in [-0.3, -0.25) is 4.79 Å². The first kappa shape index (κ1) is 23.6. The van der Waals surface area contributed by atoms with Crippen molar-refractivity contribution < 1.29 is 9.53 Å². The number of carbonyl (C=O) groups excluding carboxylic acids is 1. The molecule has 0 radical (unpaired) electrons. The maximum atomic E-state index is 12.5. The zero-order valence-corrected chi connectivity index (χ0v) is 21.3. The molecule has 156 valence electrons. The highest BCUT2D eigenvalue weighted by atomic mass is 79.9. The number of rotatable bonds is 6. The smallest absolute Gasteiger partial charge is 0.266 e. The summed E-state index contributed by atoms with van der Waals surface area (Å²) in [7, 11) is 0. The highest BCUT2D eigenvalue weighted by molar-refractivity contribution is 9.11. The lowest BCUT2D eigenvalue weighted by atomic mass is 10.1. The third-order valence-corrected chi connectivity index (χ3v) is 6.02. The number of nitriles is 1. The zero-order chi connectivity index (χ0) is 22.4. The maximum Gasteiger partial charge on any atom is 0.266 e. The molecule has 0 spiro atoms. The van der Waals surface area contributed by atoms with Crippen LogP contribution in [0.4, 0.5) is 5.69 Å². The standard InChI is InChI=1S/C23H14Br3ClN2O2/c24-17-3-1-14(2-4-17)13-31-22-20(26)10-15(11-21(22)27)9-16(12-28)23(30)29-19-7-5-18(25)6-8-19/h1-11H,13H2,(H,29,30)/b16-9-. The van der Waals surface area contributed by atoms with Crippen molar-refractivity contribution >= 4 is 77.1 Å². The number of hydrogen-bond donors (Lipinski definition) is 1. The molecule has 0 heterocycles. The van der Waals surface area contributed by atoms with Gasteiger partial charge in [-0.25, -0.2) is 0 Å². The molecule has 3 aromatic carbocycles. The number of anilines is 1. The van der Waals surface area contributed by atoms with Gasteiger partial charge in [0.1, 0.15) is 18.2 Å². The van der Waals surface area contributed by atoms with Gasteiger partial charge in [-0.2, -0.15) is 5.26 Å². The van der Waals surface area contributed by atoms with Gasteiger partial charge in [0.2, 0.25) is 0 Å². The number of nitrogens with zero attached hydrogens (tertiary/aromatic N) is 1. The molecule has 0 bridgehead atoms. The SMILES string of the molecule is N#C/C(=C/c1cc(Cl)c(OCc2ccc(Br)cc2)c(Br)c1)C(=O)Nc1ccc(Br)cc1. The van der Waals surface area contributed by atoms with Crippen molar-refractivity contribution in [2.24, 2.45) is 0 Å². The first-order chi connectivity index (χ1) is 14.9. The minimum Gasteiger partial charge on any atom is -0.486 e. The van der Waals surface area contributed by atoms with Gasteiger partial charge in [-0.05, 0) is 81.7 Å². The molecule has 1 N–H and O–H groups in total. The molecule has 0 atom stereocenters. The Hall–Kier alpha value is -2.11. The van der Waals surface area contributed by atoms with Gasteiger partial charge in [0.15, 0.2) is 5.75 Å². The monoisotopic (exact) mass is 622 g/mol. The maximum absolute atomic E-state index is 12.5. The summed E-state index contributed by atoms with van der Waals surface area (Å²) in [6.07, 6.45) is 1.48. The van der Waals surface area contributed by atoms with E-state index in [-0.39, 0.29) is 5.57 Å². The number of halogens is 4. The summed E-state index contributed by atoms with van der Waals surface area (Å²) >= 11 is 16.6. The lowest BCUT2D eigenvalue weighted by Gasteiger charge is -2.11. The third-order valence-electron chi connectivity index (χ3n) is 4.10. The predicted molar refractivity (Wildman–Crippen MR) is 134 cm³/mol. The molecule has 0 saturated carbocycles. The van der Waals surface area contributed by atoms with Crippen LogP contribution in [0.3, 0.4) is 0 Å². The minimum absolute atomic E-state index is 0.0468. The first-order valence-corrected chi connectivity index (χ1v) is 11.7. The molecule has 3 rings (SSSR count). The molecular weight excluding hydrogens is 611 g/mol. The highest BCUT2D eigenvalue weighted by Gasteiger charge is 2.13. The van der Waals surface area contributed by atoms with Crippen LogP contribution in [0.5, 0.6) is 5.75 Å². The van der Waals surface area contributed by atoms with Crippen LogP contribution in [0.1, 0.15) is 11.1 Å². The third kappa shape index (κ3) is 6.68. The van der Waals surface area contributed by atoms with E-state index < -0.39 is 5.91 Å². The summed E-state index contributed by atoms with van der Waals surface area (Å²) in [5.74, 6) is -0.0211. The number of nitrogens with one attached hydrogen (secondary N) is 1. The lowest BCUT2D eigenvalue weighted by Crippen LogP contribution is -2.13. The Morgan fingerprint density at radius 2 is 1.65 bits per heavy atom. The van der Waals surface area contributed by atoms with E-state index in [1.807, 2.05) is 30.3 Å². The molecule has 3 aromatic rings. The van der Waals surface area contributed by atoms with Crippen molar-refractivity contribution in [3.63, 3.8) is 0 Å². The van der Waals surface area contributed by atoms with Crippen molar-refractivity contribution in [2.45, 2.75) is 6.61 Å². The molecule has 0 aliphatic rings. The van der Waals surface area contributed by atoms with Crippen molar-refractivity contribution in [1.82, 2.24) is 0 Å². The predicted octanol–water partition coefficient (Wildman–Crippen LogP) is 7.75. The molecule has 0 fully saturated rings. The van der Waals surface area contributed by atoms with Crippen molar-refractivity contribution in [2.75, 3.05) is 5.32 Å². The molecule has 8 heteroatoms. The zero-order valence-electron chi connectivity index (χ0n) is 15.8. The fourth-order valence-electron chi connectivity index (χ4n) is 2.58. The summed E-state index contributed by atoms with van der Waals surface area (Å²) in [5.41, 5.74) is 2.13. The van der Waals surface area contributed by atoms with Crippen LogP contribution in [0.25, 0.3) is 6.08 Å². The van der Waals surface area contributed by atoms with Crippen molar-refractivity contribution in [3.05, 3.63) is 95.8 Å². The van der Waals surface area contributed by atoms with Crippen LogP contribution in [0, 0.1) is 11.3 Å². The Morgan fingerprint density at radius 1 is 1.03 bits per heavy atom. The Labute approximate surface area is 210 Å². The van der Waals surface area contributed by atoms with Gasteiger partial charge in [-0.1, -0.05) is 55.6 Å². The van der Waals surface area contributed by atoms with Crippen LogP contribution >= 0.6 is 59.4 Å². The quantitative estimate of drug-likeness (QED) is 0.225. The Balaban J connectivity index is 1.76. The number of hydrogen-bond acceptors (Lipinski definition) is 3. The van der Waals surface area contributed by atoms with Gasteiger partial charge in [0.05, 0.1) is 9.50 Å². The van der Waals surface area contributed by atoms with E-state index in [4.69, 9.17) is 16.3 Å². The van der Waals surface area contributed by atoms with E-state index in [2.05, 4.69) is 53.1 Å². The molecule has 0 aromatic heterocycles. The Morgan fingerprint density at radius 3 is 2.23 bits per heavy atom. The van der Waals surface area contributed by atoms with Crippen molar-refractivity contribution in [3.8, 4) is 11.8 Å². The fourth-order valence-corrected chi connectivity index (χ4v) is 4.10. The molecule has 1 amide bonds. The average Bonchev–Trinajstić information content (AvgIpc) is 2.74. The van der Waals surface area contributed by atoms with Crippen LogP contribution in [0.2, 0.25) is 5.02 Å². The van der Waals surface area contributed by atoms with Crippen molar-refractivity contribution in [1.29, 1.82) is 5.26 Å². The second kappa shape index (κ2) is 11.0. The normalized spacial score (nSPS) is 11.0. The van der Waals surface area contributed by atoms with E-state index >= 15 is 0 Å². The average molecular weight is 626 g/mol. The van der Waals surface area contributed by atoms with Crippen LogP contribution in [0.15, 0.2) is 79.7 Å². The van der Waals surface area contributed by atoms with E-state index in [0.29, 0.717) is 33.1 Å². The Bertz CT molecular complexity index is 1150. The van der Waals surface area contributed by atoms with Crippen LogP contribution in [-0.2, 0) is 11.4 Å². The molecule has 31 heavy (non-hydrogen) atoms. The minimum atomic E-state index is -0.507. The van der Waals surface area contributed by atoms with Crippen LogP contribution < -0.4 is 10.1 Å². The number of ether oxygens (including phenoxy) is 1. The summed E-state index contributed by atoms with van der Waals surface area (Å²) in [6, 6.07) is 20.2. The summed E-state index contributed by atoms with van der Waals surface area (Å²) in [6.45, 7) is 0.347. The first-order valence-electron chi connectivity index (χ1n) is 8.90. The number of carbonyl (C=O) groups is 1. The van der Waals surface area contributed by atoms with Gasteiger partial charge >= 0.3 is 0 Å². The highest BCUT2D eigenvalue weighted by Crippen LogP contribution is 2.35. The van der Waals surface area contributed by atoms with Gasteiger partial charge < -0.3 is 10.1 Å². The molecule has 0 unspecified atom stereocenters. The summed E-state index contributed by atoms with van der Waals surface area (Å²) < 4.78 is 8.35. The van der Waals surface area contributed by atoms with E-state index in [9.17, 15) is 10.1 Å². The van der Waals surface area contributed by atoms with Gasteiger partial charge in [0, 0.05) is 14.6 Å². The number of benzene rings is 3. The second-order valence-corrected chi connectivity index (χ2v) is 9.45. The fraction of sp³-hybridized carbons (Fsp3) is 0.0435. The van der Waals surface area contributed by atoms with E-state index in [1.54, 1.807) is 36.4 Å². The topological polar surface area (TPSA) is 62.1 Å². The molecule has 4 nitrogen and oxygen atoms in total. The molecular formula is C23H14Br3ClN2O2. The second-order valence-electron chi connectivity index (χ2n) is 6.36. The molecule has 0 aliphatic carbocycles. The van der Waals surface area contributed by atoms with Gasteiger partial charge in [0.25, 0.3) is 5.91 Å². The summed E-state index contributed by atoms with van der Waals surface area (Å²) in [5, 5.41) is 12.5.